The molecule has 2 heterocycles. The first-order chi connectivity index (χ1) is 12.7. The minimum Gasteiger partial charge on any atom is -0.493 e. The van der Waals surface area contributed by atoms with Crippen LogP contribution in [0.3, 0.4) is 0 Å². The Balaban J connectivity index is 1.77. The summed E-state index contributed by atoms with van der Waals surface area (Å²) in [5.41, 5.74) is 1.70. The number of hydrogen-bond acceptors (Lipinski definition) is 4. The van der Waals surface area contributed by atoms with Crippen LogP contribution >= 0.6 is 0 Å². The fraction of sp³-hybridized carbons (Fsp3) is 0.450. The molecule has 2 aromatic rings. The van der Waals surface area contributed by atoms with E-state index in [4.69, 9.17) is 9.47 Å². The molecule has 3 rings (SSSR count). The molecule has 6 nitrogen and oxygen atoms in total. The number of aromatic nitrogens is 1. The van der Waals surface area contributed by atoms with Crippen LogP contribution in [0.15, 0.2) is 36.5 Å². The van der Waals surface area contributed by atoms with Gasteiger partial charge in [-0.2, -0.15) is 0 Å². The fourth-order valence-electron chi connectivity index (χ4n) is 3.65. The van der Waals surface area contributed by atoms with Gasteiger partial charge < -0.3 is 19.4 Å². The topological polar surface area (TPSA) is 55.7 Å². The number of methoxy groups -OCH3 is 2. The Kier molecular flexibility index (Phi) is 5.83. The number of amides is 1. The molecule has 0 radical (unpaired) electrons. The Hall–Kier alpha value is -2.47. The van der Waals surface area contributed by atoms with Crippen LogP contribution in [0.25, 0.3) is 0 Å². The number of carbonyl (C=O) groups excluding carboxylic acids is 1. The van der Waals surface area contributed by atoms with Crippen molar-refractivity contribution in [3.63, 3.8) is 0 Å². The van der Waals surface area contributed by atoms with Gasteiger partial charge in [0.1, 0.15) is 0 Å². The average Bonchev–Trinajstić information content (AvgIpc) is 3.33. The van der Waals surface area contributed by atoms with Gasteiger partial charge in [0.15, 0.2) is 11.5 Å². The lowest BCUT2D eigenvalue weighted by atomic mass is 10.1. The van der Waals surface area contributed by atoms with E-state index in [-0.39, 0.29) is 11.9 Å². The van der Waals surface area contributed by atoms with Gasteiger partial charge in [0, 0.05) is 25.5 Å². The Bertz CT molecular complexity index is 751. The zero-order chi connectivity index (χ0) is 18.5. The van der Waals surface area contributed by atoms with Crippen LogP contribution in [0.1, 0.15) is 34.9 Å². The zero-order valence-corrected chi connectivity index (χ0v) is 15.7. The molecular weight excluding hydrogens is 330 g/mol. The standard InChI is InChI=1S/C20H27N3O3/c1-22-11-7-9-16(22)17(23-12-4-5-13-23)14-21-20(24)15-8-6-10-18(25-2)19(15)26-3/h6-11,17H,4-5,12-14H2,1-3H3,(H,21,24)/t17-/m1/s1. The van der Waals surface area contributed by atoms with Gasteiger partial charge in [-0.1, -0.05) is 6.07 Å². The lowest BCUT2D eigenvalue weighted by molar-refractivity contribution is 0.0933. The van der Waals surface area contributed by atoms with Crippen LogP contribution in [0.4, 0.5) is 0 Å². The summed E-state index contributed by atoms with van der Waals surface area (Å²) in [6, 6.07) is 9.67. The third-order valence-corrected chi connectivity index (χ3v) is 5.01. The molecule has 1 saturated heterocycles. The summed E-state index contributed by atoms with van der Waals surface area (Å²) < 4.78 is 12.8. The van der Waals surface area contributed by atoms with E-state index in [1.807, 2.05) is 19.3 Å². The zero-order valence-electron chi connectivity index (χ0n) is 15.7. The second-order valence-corrected chi connectivity index (χ2v) is 6.55. The van der Waals surface area contributed by atoms with Crippen molar-refractivity contribution in [3.8, 4) is 11.5 Å². The molecule has 1 aliphatic rings. The van der Waals surface area contributed by atoms with Crippen molar-refractivity contribution < 1.29 is 14.3 Å². The molecule has 1 atom stereocenters. The van der Waals surface area contributed by atoms with Crippen LogP contribution in [0, 0.1) is 0 Å². The fourth-order valence-corrected chi connectivity index (χ4v) is 3.65. The van der Waals surface area contributed by atoms with Gasteiger partial charge in [0.2, 0.25) is 0 Å². The minimum absolute atomic E-state index is 0.154. The molecule has 0 saturated carbocycles. The highest BCUT2D eigenvalue weighted by Crippen LogP contribution is 2.31. The van der Waals surface area contributed by atoms with Gasteiger partial charge in [-0.05, 0) is 50.2 Å². The maximum atomic E-state index is 12.8. The number of benzene rings is 1. The number of nitrogens with one attached hydrogen (secondary N) is 1. The van der Waals surface area contributed by atoms with Crippen LogP contribution in [-0.4, -0.2) is 49.2 Å². The van der Waals surface area contributed by atoms with Crippen molar-refractivity contribution in [2.24, 2.45) is 7.05 Å². The van der Waals surface area contributed by atoms with E-state index >= 15 is 0 Å². The summed E-state index contributed by atoms with van der Waals surface area (Å²) in [7, 11) is 5.16. The van der Waals surface area contributed by atoms with E-state index in [0.29, 0.717) is 23.6 Å². The first-order valence-electron chi connectivity index (χ1n) is 9.00. The number of nitrogens with zero attached hydrogens (tertiary/aromatic N) is 2. The summed E-state index contributed by atoms with van der Waals surface area (Å²) in [6.45, 7) is 2.68. The molecule has 0 bridgehead atoms. The number of carbonyl (C=O) groups is 1. The summed E-state index contributed by atoms with van der Waals surface area (Å²) >= 11 is 0. The predicted octanol–water partition coefficient (Wildman–Crippen LogP) is 2.61. The highest BCUT2D eigenvalue weighted by molar-refractivity contribution is 5.97. The van der Waals surface area contributed by atoms with E-state index < -0.39 is 0 Å². The van der Waals surface area contributed by atoms with Crippen LogP contribution in [-0.2, 0) is 7.05 Å². The largest absolute Gasteiger partial charge is 0.493 e. The lowest BCUT2D eigenvalue weighted by Gasteiger charge is -2.28. The molecule has 26 heavy (non-hydrogen) atoms. The van der Waals surface area contributed by atoms with E-state index in [9.17, 15) is 4.79 Å². The molecular formula is C20H27N3O3. The van der Waals surface area contributed by atoms with Crippen molar-refractivity contribution in [2.45, 2.75) is 18.9 Å². The maximum absolute atomic E-state index is 12.8. The summed E-state index contributed by atoms with van der Waals surface area (Å²) in [6.07, 6.45) is 4.46. The van der Waals surface area contributed by atoms with Crippen molar-refractivity contribution in [2.75, 3.05) is 33.9 Å². The highest BCUT2D eigenvalue weighted by atomic mass is 16.5. The number of aryl methyl sites for hydroxylation is 1. The van der Waals surface area contributed by atoms with Gasteiger partial charge in [-0.15, -0.1) is 0 Å². The van der Waals surface area contributed by atoms with Gasteiger partial charge >= 0.3 is 0 Å². The smallest absolute Gasteiger partial charge is 0.255 e. The Morgan fingerprint density at radius 3 is 2.54 bits per heavy atom. The summed E-state index contributed by atoms with van der Waals surface area (Å²) in [5.74, 6) is 0.863. The first kappa shape index (κ1) is 18.3. The van der Waals surface area contributed by atoms with Crippen molar-refractivity contribution in [1.82, 2.24) is 14.8 Å². The molecule has 1 aromatic carbocycles. The molecule has 0 aliphatic carbocycles. The van der Waals surface area contributed by atoms with E-state index in [2.05, 4.69) is 20.9 Å². The molecule has 0 spiro atoms. The second-order valence-electron chi connectivity index (χ2n) is 6.55. The van der Waals surface area contributed by atoms with Crippen molar-refractivity contribution in [1.29, 1.82) is 0 Å². The number of hydrogen-bond donors (Lipinski definition) is 1. The number of rotatable bonds is 7. The monoisotopic (exact) mass is 357 g/mol. The van der Waals surface area contributed by atoms with E-state index in [1.54, 1.807) is 32.4 Å². The molecule has 0 unspecified atom stereocenters. The summed E-state index contributed by atoms with van der Waals surface area (Å²) in [4.78, 5) is 15.2. The number of likely N-dealkylation sites (tertiary alicyclic amines) is 1. The predicted molar refractivity (Wildman–Crippen MR) is 101 cm³/mol. The average molecular weight is 357 g/mol. The quantitative estimate of drug-likeness (QED) is 0.828. The van der Waals surface area contributed by atoms with Gasteiger partial charge in [-0.25, -0.2) is 0 Å². The molecule has 1 amide bonds. The lowest BCUT2D eigenvalue weighted by Crippen LogP contribution is -2.37. The van der Waals surface area contributed by atoms with Crippen molar-refractivity contribution >= 4 is 5.91 Å². The van der Waals surface area contributed by atoms with E-state index in [1.165, 1.54) is 18.5 Å². The third-order valence-electron chi connectivity index (χ3n) is 5.01. The first-order valence-corrected chi connectivity index (χ1v) is 9.00. The summed E-state index contributed by atoms with van der Waals surface area (Å²) in [5, 5.41) is 3.09. The SMILES string of the molecule is COc1cccc(C(=O)NC[C@H](c2cccn2C)N2CCCC2)c1OC. The van der Waals surface area contributed by atoms with Crippen LogP contribution in [0.5, 0.6) is 11.5 Å². The van der Waals surface area contributed by atoms with E-state index in [0.717, 1.165) is 13.1 Å². The second kappa shape index (κ2) is 8.27. The Labute approximate surface area is 154 Å². The molecule has 1 fully saturated rings. The number of para-hydroxylation sites is 1. The van der Waals surface area contributed by atoms with Crippen molar-refractivity contribution in [3.05, 3.63) is 47.8 Å². The Morgan fingerprint density at radius 1 is 1.15 bits per heavy atom. The van der Waals surface area contributed by atoms with Crippen LogP contribution < -0.4 is 14.8 Å². The molecule has 1 aliphatic heterocycles. The van der Waals surface area contributed by atoms with Gasteiger partial charge in [0.05, 0.1) is 25.8 Å². The number of ether oxygens (including phenoxy) is 2. The molecule has 140 valence electrons. The maximum Gasteiger partial charge on any atom is 0.255 e. The molecule has 6 heteroatoms. The minimum atomic E-state index is -0.154. The van der Waals surface area contributed by atoms with Gasteiger partial charge in [0.25, 0.3) is 5.91 Å². The third kappa shape index (κ3) is 3.70. The molecule has 1 aromatic heterocycles. The van der Waals surface area contributed by atoms with Gasteiger partial charge in [-0.3, -0.25) is 9.69 Å². The highest BCUT2D eigenvalue weighted by Gasteiger charge is 2.26. The normalized spacial score (nSPS) is 15.7. The Morgan fingerprint density at radius 2 is 1.92 bits per heavy atom. The molecule has 1 N–H and O–H groups in total. The van der Waals surface area contributed by atoms with Crippen LogP contribution in [0.2, 0.25) is 0 Å².